The van der Waals surface area contributed by atoms with Crippen LogP contribution in [0.5, 0.6) is 0 Å². The number of H-pyrrole nitrogens is 1. The number of carboxylic acids is 1. The topological polar surface area (TPSA) is 119 Å². The van der Waals surface area contributed by atoms with Gasteiger partial charge in [0.25, 0.3) is 0 Å². The van der Waals surface area contributed by atoms with E-state index in [1.165, 1.54) is 10.8 Å². The molecule has 6 heterocycles. The molecule has 2 aliphatic heterocycles. The Hall–Kier alpha value is -4.58. The van der Waals surface area contributed by atoms with Crippen molar-refractivity contribution in [2.75, 3.05) is 37.4 Å². The third kappa shape index (κ3) is 3.56. The number of nitrogens with zero attached hydrogens (tertiary/aromatic N) is 5. The molecule has 0 bridgehead atoms. The number of aromatic carboxylic acids is 1. The normalized spacial score (nSPS) is 19.1. The molecule has 0 amide bonds. The van der Waals surface area contributed by atoms with Gasteiger partial charge in [0.1, 0.15) is 16.9 Å². The Morgan fingerprint density at radius 2 is 1.88 bits per heavy atom. The molecule has 4 aromatic heterocycles. The summed E-state index contributed by atoms with van der Waals surface area (Å²) in [6, 6.07) is 3.19. The van der Waals surface area contributed by atoms with Gasteiger partial charge in [-0.15, -0.1) is 0 Å². The van der Waals surface area contributed by atoms with Crippen LogP contribution in [0.25, 0.3) is 44.1 Å². The average Bonchev–Trinajstić information content (AvgIpc) is 3.66. The lowest BCUT2D eigenvalue weighted by atomic mass is 10.00. The van der Waals surface area contributed by atoms with Gasteiger partial charge in [-0.25, -0.2) is 23.5 Å². The number of carboxylic acid groups (broad SMARTS) is 1. The number of halogens is 2. The van der Waals surface area contributed by atoms with Crippen LogP contribution in [0.1, 0.15) is 23.2 Å². The molecule has 7 rings (SSSR count). The maximum Gasteiger partial charge on any atom is 0.341 e. The molecule has 2 saturated heterocycles. The fourth-order valence-electron chi connectivity index (χ4n) is 6.79. The molecule has 2 fully saturated rings. The van der Waals surface area contributed by atoms with Crippen molar-refractivity contribution in [3.63, 3.8) is 0 Å². The lowest BCUT2D eigenvalue weighted by Crippen LogP contribution is -2.35. The molecule has 41 heavy (non-hydrogen) atoms. The molecule has 3 N–H and O–H groups in total. The van der Waals surface area contributed by atoms with E-state index < -0.39 is 23.0 Å². The van der Waals surface area contributed by atoms with Crippen molar-refractivity contribution in [1.29, 1.82) is 0 Å². The Labute approximate surface area is 232 Å². The number of nitrogens with one attached hydrogen (secondary N) is 2. The second-order valence-corrected chi connectivity index (χ2v) is 10.9. The van der Waals surface area contributed by atoms with Gasteiger partial charge in [-0.05, 0) is 26.0 Å². The van der Waals surface area contributed by atoms with Crippen molar-refractivity contribution < 1.29 is 18.7 Å². The Kier molecular flexibility index (Phi) is 5.55. The Morgan fingerprint density at radius 3 is 2.63 bits per heavy atom. The monoisotopic (exact) mass is 559 g/mol. The summed E-state index contributed by atoms with van der Waals surface area (Å²) in [6.07, 6.45) is 6.32. The highest BCUT2D eigenvalue weighted by Gasteiger charge is 2.42. The Balaban J connectivity index is 1.57. The van der Waals surface area contributed by atoms with E-state index in [1.54, 1.807) is 32.6 Å². The third-order valence-electron chi connectivity index (χ3n) is 8.73. The van der Waals surface area contributed by atoms with E-state index in [1.807, 2.05) is 0 Å². The van der Waals surface area contributed by atoms with Gasteiger partial charge < -0.3 is 29.8 Å². The molecule has 1 aromatic carbocycles. The number of aromatic amines is 1. The summed E-state index contributed by atoms with van der Waals surface area (Å²) >= 11 is 0. The zero-order chi connectivity index (χ0) is 28.7. The maximum atomic E-state index is 15.6. The molecule has 0 unspecified atom stereocenters. The van der Waals surface area contributed by atoms with Crippen molar-refractivity contribution in [2.24, 2.45) is 7.05 Å². The van der Waals surface area contributed by atoms with Crippen LogP contribution in [0.3, 0.4) is 0 Å². The van der Waals surface area contributed by atoms with Gasteiger partial charge >= 0.3 is 5.97 Å². The SMILES string of the molecule is CNc1cc(F)c(F)c2c1[nH]c1ncc(-c3cnc4c(c3)c(=O)c(C(=O)O)cn4C)c(N3CC[C@H]4[C@@H]3CCN4C)c12. The fourth-order valence-corrected chi connectivity index (χ4v) is 6.79. The summed E-state index contributed by atoms with van der Waals surface area (Å²) in [6.45, 7) is 1.61. The maximum absolute atomic E-state index is 15.6. The first-order chi connectivity index (χ1) is 19.7. The fraction of sp³-hybridized carbons (Fsp3) is 0.310. The van der Waals surface area contributed by atoms with E-state index in [0.29, 0.717) is 57.3 Å². The smallest absolute Gasteiger partial charge is 0.341 e. The number of carbonyl (C=O) groups is 1. The molecule has 5 aromatic rings. The molecule has 210 valence electrons. The number of hydrogen-bond acceptors (Lipinski definition) is 7. The quantitative estimate of drug-likeness (QED) is 0.303. The van der Waals surface area contributed by atoms with E-state index in [2.05, 4.69) is 37.1 Å². The van der Waals surface area contributed by atoms with Crippen molar-refractivity contribution in [3.8, 4) is 11.1 Å². The summed E-state index contributed by atoms with van der Waals surface area (Å²) in [4.78, 5) is 41.8. The van der Waals surface area contributed by atoms with Gasteiger partial charge in [-0.3, -0.25) is 4.79 Å². The van der Waals surface area contributed by atoms with E-state index in [-0.39, 0.29) is 22.4 Å². The standard InChI is InChI=1S/C29H27F2N7O3/c1-32-18-9-17(30)23(31)21-22-25(38-7-5-19-20(38)4-6-36(19)2)15(11-33-27(22)35-24(18)21)13-8-14-26(39)16(29(40)41)12-37(3)28(14)34-10-13/h8-12,19-20,32H,4-7H2,1-3H3,(H,33,35)(H,40,41)/t19-,20-/m0/s1. The molecule has 12 heteroatoms. The number of rotatable bonds is 4. The molecule has 0 spiro atoms. The van der Waals surface area contributed by atoms with Crippen LogP contribution < -0.4 is 15.6 Å². The zero-order valence-electron chi connectivity index (χ0n) is 22.6. The van der Waals surface area contributed by atoms with Gasteiger partial charge in [0.15, 0.2) is 11.6 Å². The number of likely N-dealkylation sites (N-methyl/N-ethyl adjacent to an activating group) is 1. The largest absolute Gasteiger partial charge is 0.477 e. The van der Waals surface area contributed by atoms with Crippen LogP contribution in [0.4, 0.5) is 20.2 Å². The summed E-state index contributed by atoms with van der Waals surface area (Å²) in [5.41, 5.74) is 2.35. The molecular weight excluding hydrogens is 532 g/mol. The Bertz CT molecular complexity index is 1990. The van der Waals surface area contributed by atoms with Crippen molar-refractivity contribution in [1.82, 2.24) is 24.4 Å². The van der Waals surface area contributed by atoms with E-state index >= 15 is 4.39 Å². The summed E-state index contributed by atoms with van der Waals surface area (Å²) in [5.74, 6) is -3.27. The second kappa shape index (κ2) is 8.96. The molecular formula is C29H27F2N7O3. The number of benzene rings is 1. The Morgan fingerprint density at radius 1 is 1.10 bits per heavy atom. The lowest BCUT2D eigenvalue weighted by Gasteiger charge is -2.29. The van der Waals surface area contributed by atoms with E-state index in [4.69, 9.17) is 0 Å². The van der Waals surface area contributed by atoms with Crippen molar-refractivity contribution >= 4 is 50.3 Å². The minimum absolute atomic E-state index is 0.0985. The first-order valence-corrected chi connectivity index (χ1v) is 13.4. The second-order valence-electron chi connectivity index (χ2n) is 10.9. The molecule has 2 aliphatic rings. The lowest BCUT2D eigenvalue weighted by molar-refractivity contribution is 0.0695. The number of anilines is 2. The van der Waals surface area contributed by atoms with Crippen LogP contribution in [0.2, 0.25) is 0 Å². The number of hydrogen-bond donors (Lipinski definition) is 3. The van der Waals surface area contributed by atoms with Crippen LogP contribution in [-0.4, -0.2) is 74.8 Å². The van der Waals surface area contributed by atoms with Gasteiger partial charge in [-0.2, -0.15) is 0 Å². The minimum atomic E-state index is -1.33. The van der Waals surface area contributed by atoms with Crippen molar-refractivity contribution in [2.45, 2.75) is 24.9 Å². The summed E-state index contributed by atoms with van der Waals surface area (Å²) in [5, 5.41) is 13.2. The van der Waals surface area contributed by atoms with E-state index in [9.17, 15) is 19.1 Å². The predicted octanol–water partition coefficient (Wildman–Crippen LogP) is 3.93. The molecule has 0 saturated carbocycles. The highest BCUT2D eigenvalue weighted by molar-refractivity contribution is 6.18. The number of likely N-dealkylation sites (tertiary alicyclic amines) is 1. The number of aromatic nitrogens is 4. The van der Waals surface area contributed by atoms with Gasteiger partial charge in [0.2, 0.25) is 5.43 Å². The highest BCUT2D eigenvalue weighted by Crippen LogP contribution is 2.46. The van der Waals surface area contributed by atoms with Crippen molar-refractivity contribution in [3.05, 3.63) is 58.1 Å². The van der Waals surface area contributed by atoms with Crippen LogP contribution >= 0.6 is 0 Å². The minimum Gasteiger partial charge on any atom is -0.477 e. The molecule has 0 aliphatic carbocycles. The number of fused-ring (bicyclic) bond motifs is 5. The van der Waals surface area contributed by atoms with E-state index in [0.717, 1.165) is 25.5 Å². The van der Waals surface area contributed by atoms with Gasteiger partial charge in [-0.1, -0.05) is 0 Å². The van der Waals surface area contributed by atoms with Gasteiger partial charge in [0, 0.05) is 75.1 Å². The predicted molar refractivity (Wildman–Crippen MR) is 153 cm³/mol. The first-order valence-electron chi connectivity index (χ1n) is 13.4. The highest BCUT2D eigenvalue weighted by atomic mass is 19.2. The van der Waals surface area contributed by atoms with Crippen LogP contribution in [0, 0.1) is 11.6 Å². The molecule has 10 nitrogen and oxygen atoms in total. The molecule has 2 atom stereocenters. The van der Waals surface area contributed by atoms with Crippen LogP contribution in [-0.2, 0) is 7.05 Å². The third-order valence-corrected chi connectivity index (χ3v) is 8.73. The molecule has 0 radical (unpaired) electrons. The average molecular weight is 560 g/mol. The van der Waals surface area contributed by atoms with Crippen LogP contribution in [0.15, 0.2) is 35.5 Å². The number of pyridine rings is 3. The van der Waals surface area contributed by atoms with Gasteiger partial charge in [0.05, 0.1) is 33.1 Å². The first kappa shape index (κ1) is 25.4. The summed E-state index contributed by atoms with van der Waals surface area (Å²) in [7, 11) is 5.37. The zero-order valence-corrected chi connectivity index (χ0v) is 22.6. The summed E-state index contributed by atoms with van der Waals surface area (Å²) < 4.78 is 32.0. The number of aryl methyl sites for hydroxylation is 1.